The standard InChI is InChI=1S/C44H36/c1-3-11-39-35(9-1)37-19-17-33(27-41(37)43(39)21-5-6-22-43)31-15-13-30-26-32(16-14-29(30)25-31)34-18-20-38-36-10-2-4-12-40(36)44(42(38)28-34)23-7-8-24-44/h1-4,9-20,25-28H,5-8,21-24H2. The van der Waals surface area contributed by atoms with E-state index in [-0.39, 0.29) is 10.8 Å². The Morgan fingerprint density at radius 2 is 0.682 bits per heavy atom. The highest BCUT2D eigenvalue weighted by atomic mass is 14.5. The second-order valence-electron chi connectivity index (χ2n) is 14.0. The van der Waals surface area contributed by atoms with E-state index in [0.717, 1.165) is 0 Å². The van der Waals surface area contributed by atoms with Gasteiger partial charge in [-0.3, -0.25) is 0 Å². The summed E-state index contributed by atoms with van der Waals surface area (Å²) < 4.78 is 0. The Kier molecular flexibility index (Phi) is 5.14. The maximum atomic E-state index is 2.53. The molecule has 0 bridgehead atoms. The molecule has 0 heteroatoms. The van der Waals surface area contributed by atoms with E-state index < -0.39 is 0 Å². The summed E-state index contributed by atoms with van der Waals surface area (Å²) in [5, 5.41) is 2.62. The summed E-state index contributed by atoms with van der Waals surface area (Å²) in [7, 11) is 0. The van der Waals surface area contributed by atoms with Gasteiger partial charge >= 0.3 is 0 Å². The maximum absolute atomic E-state index is 2.53. The van der Waals surface area contributed by atoms with Gasteiger partial charge in [0.25, 0.3) is 0 Å². The number of fused-ring (bicyclic) bond motifs is 11. The Labute approximate surface area is 260 Å². The molecule has 2 saturated carbocycles. The second-order valence-corrected chi connectivity index (χ2v) is 14.0. The van der Waals surface area contributed by atoms with Gasteiger partial charge in [-0.15, -0.1) is 0 Å². The Bertz CT molecular complexity index is 1980. The van der Waals surface area contributed by atoms with Gasteiger partial charge in [-0.25, -0.2) is 0 Å². The molecule has 2 spiro atoms. The highest BCUT2D eigenvalue weighted by molar-refractivity contribution is 5.93. The van der Waals surface area contributed by atoms with E-state index in [9.17, 15) is 0 Å². The molecule has 0 unspecified atom stereocenters. The molecule has 0 radical (unpaired) electrons. The van der Waals surface area contributed by atoms with Crippen molar-refractivity contribution in [1.82, 2.24) is 0 Å². The van der Waals surface area contributed by atoms with Gasteiger partial charge in [-0.2, -0.15) is 0 Å². The van der Waals surface area contributed by atoms with Gasteiger partial charge in [0.2, 0.25) is 0 Å². The van der Waals surface area contributed by atoms with E-state index >= 15 is 0 Å². The second kappa shape index (κ2) is 9.05. The number of hydrogen-bond donors (Lipinski definition) is 0. The third kappa shape index (κ3) is 3.29. The molecule has 44 heavy (non-hydrogen) atoms. The van der Waals surface area contributed by atoms with Gasteiger partial charge in [-0.1, -0.05) is 123 Å². The Morgan fingerprint density at radius 3 is 1.14 bits per heavy atom. The molecule has 0 N–H and O–H groups in total. The highest BCUT2D eigenvalue weighted by Gasteiger charge is 2.46. The molecule has 2 fully saturated rings. The lowest BCUT2D eigenvalue weighted by Gasteiger charge is -2.27. The van der Waals surface area contributed by atoms with Crippen molar-refractivity contribution in [3.05, 3.63) is 144 Å². The number of rotatable bonds is 2. The van der Waals surface area contributed by atoms with E-state index in [1.54, 1.807) is 22.3 Å². The van der Waals surface area contributed by atoms with Gasteiger partial charge in [0.05, 0.1) is 0 Å². The van der Waals surface area contributed by atoms with Gasteiger partial charge in [-0.05, 0) is 127 Å². The smallest absolute Gasteiger partial charge is 0.0215 e. The summed E-state index contributed by atoms with van der Waals surface area (Å²) in [4.78, 5) is 0. The predicted molar refractivity (Wildman–Crippen MR) is 184 cm³/mol. The predicted octanol–water partition coefficient (Wildman–Crippen LogP) is 11.9. The first-order valence-corrected chi connectivity index (χ1v) is 16.8. The van der Waals surface area contributed by atoms with Crippen LogP contribution in [0.4, 0.5) is 0 Å². The number of hydrogen-bond acceptors (Lipinski definition) is 0. The van der Waals surface area contributed by atoms with Crippen LogP contribution in [0.3, 0.4) is 0 Å². The van der Waals surface area contributed by atoms with Crippen LogP contribution in [0.15, 0.2) is 121 Å². The molecule has 212 valence electrons. The van der Waals surface area contributed by atoms with Crippen molar-refractivity contribution in [3.63, 3.8) is 0 Å². The van der Waals surface area contributed by atoms with Crippen molar-refractivity contribution in [2.24, 2.45) is 0 Å². The first-order valence-electron chi connectivity index (χ1n) is 16.8. The molecule has 0 saturated heterocycles. The normalized spacial score (nSPS) is 18.1. The zero-order valence-electron chi connectivity index (χ0n) is 25.2. The van der Waals surface area contributed by atoms with Crippen LogP contribution in [0, 0.1) is 0 Å². The van der Waals surface area contributed by atoms with Crippen molar-refractivity contribution in [2.75, 3.05) is 0 Å². The van der Waals surface area contributed by atoms with E-state index in [4.69, 9.17) is 0 Å². The van der Waals surface area contributed by atoms with Crippen molar-refractivity contribution in [1.29, 1.82) is 0 Å². The molecule has 4 aliphatic carbocycles. The quantitative estimate of drug-likeness (QED) is 0.196. The third-order valence-corrected chi connectivity index (χ3v) is 12.0. The highest BCUT2D eigenvalue weighted by Crippen LogP contribution is 2.58. The van der Waals surface area contributed by atoms with E-state index in [1.165, 1.54) is 107 Å². The summed E-state index contributed by atoms with van der Waals surface area (Å²) in [5.74, 6) is 0. The van der Waals surface area contributed by atoms with Gasteiger partial charge in [0, 0.05) is 10.8 Å². The van der Waals surface area contributed by atoms with Crippen molar-refractivity contribution >= 4 is 10.8 Å². The van der Waals surface area contributed by atoms with Crippen LogP contribution in [-0.4, -0.2) is 0 Å². The van der Waals surface area contributed by atoms with Crippen LogP contribution >= 0.6 is 0 Å². The van der Waals surface area contributed by atoms with E-state index in [0.29, 0.717) is 0 Å². The fourth-order valence-electron chi connectivity index (χ4n) is 9.91. The number of benzene rings is 6. The third-order valence-electron chi connectivity index (χ3n) is 12.0. The Hall–Kier alpha value is -4.42. The summed E-state index contributed by atoms with van der Waals surface area (Å²) in [6.07, 6.45) is 10.4. The molecule has 0 aliphatic heterocycles. The summed E-state index contributed by atoms with van der Waals surface area (Å²) >= 11 is 0. The minimum Gasteiger partial charge on any atom is -0.0619 e. The fraction of sp³-hybridized carbons (Fsp3) is 0.227. The minimum absolute atomic E-state index is 0.210. The van der Waals surface area contributed by atoms with Gasteiger partial charge in [0.1, 0.15) is 0 Å². The molecule has 6 aromatic carbocycles. The average Bonchev–Trinajstić information content (AvgIpc) is 3.88. The molecular weight excluding hydrogens is 528 g/mol. The lowest BCUT2D eigenvalue weighted by atomic mass is 9.76. The molecule has 0 aromatic heterocycles. The summed E-state index contributed by atoms with van der Waals surface area (Å²) in [6.45, 7) is 0. The van der Waals surface area contributed by atoms with E-state index in [2.05, 4.69) is 121 Å². The fourth-order valence-corrected chi connectivity index (χ4v) is 9.91. The first-order chi connectivity index (χ1) is 21.7. The minimum atomic E-state index is 0.210. The van der Waals surface area contributed by atoms with Crippen molar-refractivity contribution < 1.29 is 0 Å². The first kappa shape index (κ1) is 25.0. The molecule has 10 rings (SSSR count). The monoisotopic (exact) mass is 564 g/mol. The summed E-state index contributed by atoms with van der Waals surface area (Å²) in [6, 6.07) is 47.0. The average molecular weight is 565 g/mol. The van der Waals surface area contributed by atoms with Crippen LogP contribution < -0.4 is 0 Å². The largest absolute Gasteiger partial charge is 0.0619 e. The van der Waals surface area contributed by atoms with Crippen LogP contribution in [0.25, 0.3) is 55.3 Å². The molecule has 0 amide bonds. The maximum Gasteiger partial charge on any atom is 0.0215 e. The molecule has 4 aliphatic rings. The molecule has 0 nitrogen and oxygen atoms in total. The molecular formula is C44H36. The van der Waals surface area contributed by atoms with E-state index in [1.807, 2.05) is 0 Å². The Balaban J connectivity index is 1.03. The van der Waals surface area contributed by atoms with Crippen molar-refractivity contribution in [2.45, 2.75) is 62.2 Å². The lowest BCUT2D eigenvalue weighted by Crippen LogP contribution is -2.20. The van der Waals surface area contributed by atoms with Crippen LogP contribution in [-0.2, 0) is 10.8 Å². The van der Waals surface area contributed by atoms with Crippen LogP contribution in [0.1, 0.15) is 73.6 Å². The van der Waals surface area contributed by atoms with Crippen molar-refractivity contribution in [3.8, 4) is 44.5 Å². The van der Waals surface area contributed by atoms with Crippen LogP contribution in [0.2, 0.25) is 0 Å². The molecule has 0 atom stereocenters. The topological polar surface area (TPSA) is 0 Å². The summed E-state index contributed by atoms with van der Waals surface area (Å²) in [5.41, 5.74) is 17.8. The molecule has 6 aromatic rings. The van der Waals surface area contributed by atoms with Gasteiger partial charge in [0.15, 0.2) is 0 Å². The van der Waals surface area contributed by atoms with Crippen LogP contribution in [0.5, 0.6) is 0 Å². The SMILES string of the molecule is c1ccc2c(c1)-c1ccc(-c3ccc4cc(-c5ccc6c(c5)C5(CCCC5)c5ccccc5-6)ccc4c3)cc1C21CCCC1. The zero-order chi connectivity index (χ0) is 28.9. The van der Waals surface area contributed by atoms with Gasteiger partial charge < -0.3 is 0 Å². The zero-order valence-corrected chi connectivity index (χ0v) is 25.2. The Morgan fingerprint density at radius 1 is 0.318 bits per heavy atom. The lowest BCUT2D eigenvalue weighted by molar-refractivity contribution is 0.550. The molecule has 0 heterocycles.